The largest absolute Gasteiger partial charge is 0.459 e. The molecular weight excluding hydrogens is 418 g/mol. The molecule has 0 spiro atoms. The van der Waals surface area contributed by atoms with Gasteiger partial charge < -0.3 is 28.4 Å². The Bertz CT molecular complexity index is 1090. The van der Waals surface area contributed by atoms with Crippen molar-refractivity contribution in [3.05, 3.63) is 53.5 Å². The van der Waals surface area contributed by atoms with E-state index in [4.69, 9.17) is 18.6 Å². The van der Waals surface area contributed by atoms with E-state index in [0.29, 0.717) is 43.2 Å². The lowest BCUT2D eigenvalue weighted by Gasteiger charge is -2.34. The molecule has 2 amide bonds. The van der Waals surface area contributed by atoms with Crippen molar-refractivity contribution in [3.8, 4) is 17.6 Å². The molecule has 1 fully saturated rings. The van der Waals surface area contributed by atoms with Crippen LogP contribution < -0.4 is 9.47 Å². The molecular formula is C22H19N3O7. The molecule has 10 nitrogen and oxygen atoms in total. The van der Waals surface area contributed by atoms with Crippen LogP contribution in [0.15, 0.2) is 46.6 Å². The lowest BCUT2D eigenvalue weighted by Crippen LogP contribution is -2.51. The summed E-state index contributed by atoms with van der Waals surface area (Å²) in [5, 5.41) is 9.31. The van der Waals surface area contributed by atoms with Crippen molar-refractivity contribution in [1.82, 2.24) is 9.80 Å². The number of nitriles is 1. The maximum absolute atomic E-state index is 12.4. The highest BCUT2D eigenvalue weighted by molar-refractivity contribution is 5.99. The maximum Gasteiger partial charge on any atom is 0.349 e. The van der Waals surface area contributed by atoms with E-state index in [2.05, 4.69) is 0 Å². The van der Waals surface area contributed by atoms with Gasteiger partial charge in [-0.05, 0) is 35.9 Å². The second-order valence-corrected chi connectivity index (χ2v) is 7.01. The molecule has 0 unspecified atom stereocenters. The zero-order valence-electron chi connectivity index (χ0n) is 17.0. The quantitative estimate of drug-likeness (QED) is 0.391. The Morgan fingerprint density at radius 2 is 1.81 bits per heavy atom. The van der Waals surface area contributed by atoms with Crippen molar-refractivity contribution < 1.29 is 33.0 Å². The van der Waals surface area contributed by atoms with Crippen LogP contribution in [-0.2, 0) is 14.3 Å². The summed E-state index contributed by atoms with van der Waals surface area (Å²) in [6, 6.07) is 10.0. The molecule has 0 atom stereocenters. The number of benzene rings is 1. The number of rotatable bonds is 5. The molecule has 10 heteroatoms. The minimum Gasteiger partial charge on any atom is -0.459 e. The highest BCUT2D eigenvalue weighted by Crippen LogP contribution is 2.33. The first-order valence-corrected chi connectivity index (χ1v) is 9.84. The van der Waals surface area contributed by atoms with Gasteiger partial charge in [-0.25, -0.2) is 4.79 Å². The Kier molecular flexibility index (Phi) is 6.07. The van der Waals surface area contributed by atoms with Crippen molar-refractivity contribution in [2.75, 3.05) is 39.6 Å². The molecule has 0 radical (unpaired) electrons. The average molecular weight is 437 g/mol. The van der Waals surface area contributed by atoms with Gasteiger partial charge in [0, 0.05) is 26.2 Å². The molecule has 1 saturated heterocycles. The summed E-state index contributed by atoms with van der Waals surface area (Å²) in [5.74, 6) is -0.184. The first kappa shape index (κ1) is 21.0. The average Bonchev–Trinajstić information content (AvgIpc) is 3.52. The molecule has 2 aliphatic rings. The molecule has 2 aliphatic heterocycles. The SMILES string of the molecule is N#C/C(=C\c1ccc2c(c1)OCO2)C(=O)OCC(=O)N1CCN(C(=O)c2ccco2)CC1. The zero-order valence-corrected chi connectivity index (χ0v) is 17.0. The number of esters is 1. The van der Waals surface area contributed by atoms with E-state index in [1.54, 1.807) is 41.3 Å². The number of hydrogen-bond donors (Lipinski definition) is 0. The number of carbonyl (C=O) groups is 3. The number of ether oxygens (including phenoxy) is 3. The van der Waals surface area contributed by atoms with Crippen molar-refractivity contribution >= 4 is 23.9 Å². The number of nitrogens with zero attached hydrogens (tertiary/aromatic N) is 3. The van der Waals surface area contributed by atoms with Crippen LogP contribution in [0.1, 0.15) is 16.1 Å². The van der Waals surface area contributed by atoms with E-state index in [-0.39, 0.29) is 24.0 Å². The number of fused-ring (bicyclic) bond motifs is 1. The van der Waals surface area contributed by atoms with Crippen molar-refractivity contribution in [2.24, 2.45) is 0 Å². The number of carbonyl (C=O) groups excluding carboxylic acids is 3. The first-order valence-electron chi connectivity index (χ1n) is 9.84. The molecule has 4 rings (SSSR count). The van der Waals surface area contributed by atoms with Gasteiger partial charge in [-0.15, -0.1) is 0 Å². The van der Waals surface area contributed by atoms with E-state index >= 15 is 0 Å². The molecule has 1 aromatic carbocycles. The van der Waals surface area contributed by atoms with E-state index in [9.17, 15) is 19.6 Å². The van der Waals surface area contributed by atoms with Gasteiger partial charge in [0.1, 0.15) is 11.6 Å². The van der Waals surface area contributed by atoms with Gasteiger partial charge in [-0.3, -0.25) is 9.59 Å². The van der Waals surface area contributed by atoms with Gasteiger partial charge in [-0.2, -0.15) is 5.26 Å². The molecule has 32 heavy (non-hydrogen) atoms. The third-order valence-electron chi connectivity index (χ3n) is 5.03. The standard InChI is InChI=1S/C22H19N3O7/c23-12-16(10-15-3-4-17-19(11-15)32-14-31-17)22(28)30-13-20(26)24-5-7-25(8-6-24)21(27)18-2-1-9-29-18/h1-4,9-11H,5-8,13-14H2/b16-10+. The van der Waals surface area contributed by atoms with Crippen LogP contribution in [0, 0.1) is 11.3 Å². The molecule has 0 aliphatic carbocycles. The summed E-state index contributed by atoms with van der Waals surface area (Å²) in [6.45, 7) is 0.912. The third kappa shape index (κ3) is 4.57. The van der Waals surface area contributed by atoms with Crippen LogP contribution in [0.2, 0.25) is 0 Å². The highest BCUT2D eigenvalue weighted by atomic mass is 16.7. The van der Waals surface area contributed by atoms with Gasteiger partial charge in [0.2, 0.25) is 6.79 Å². The van der Waals surface area contributed by atoms with Gasteiger partial charge in [-0.1, -0.05) is 6.07 Å². The fourth-order valence-electron chi connectivity index (χ4n) is 3.32. The Balaban J connectivity index is 1.28. The third-order valence-corrected chi connectivity index (χ3v) is 5.03. The normalized spacial score (nSPS) is 15.3. The van der Waals surface area contributed by atoms with E-state index < -0.39 is 18.5 Å². The summed E-state index contributed by atoms with van der Waals surface area (Å²) in [7, 11) is 0. The van der Waals surface area contributed by atoms with E-state index in [1.807, 2.05) is 0 Å². The van der Waals surface area contributed by atoms with Gasteiger partial charge in [0.25, 0.3) is 11.8 Å². The van der Waals surface area contributed by atoms with Gasteiger partial charge in [0.05, 0.1) is 6.26 Å². The Morgan fingerprint density at radius 3 is 2.53 bits per heavy atom. The fourth-order valence-corrected chi connectivity index (χ4v) is 3.32. The fraction of sp³-hybridized carbons (Fsp3) is 0.273. The predicted molar refractivity (Wildman–Crippen MR) is 108 cm³/mol. The van der Waals surface area contributed by atoms with Gasteiger partial charge >= 0.3 is 5.97 Å². The van der Waals surface area contributed by atoms with Crippen molar-refractivity contribution in [1.29, 1.82) is 5.26 Å². The number of furan rings is 1. The van der Waals surface area contributed by atoms with E-state index in [0.717, 1.165) is 0 Å². The summed E-state index contributed by atoms with van der Waals surface area (Å²) in [4.78, 5) is 40.0. The van der Waals surface area contributed by atoms with Gasteiger partial charge in [0.15, 0.2) is 23.9 Å². The Hall–Kier alpha value is -4.26. The van der Waals surface area contributed by atoms with E-state index in [1.165, 1.54) is 17.2 Å². The number of amides is 2. The molecule has 0 bridgehead atoms. The predicted octanol–water partition coefficient (Wildman–Crippen LogP) is 1.44. The van der Waals surface area contributed by atoms with Crippen LogP contribution in [-0.4, -0.2) is 67.2 Å². The second-order valence-electron chi connectivity index (χ2n) is 7.01. The molecule has 164 valence electrons. The van der Waals surface area contributed by atoms with Crippen LogP contribution in [0.25, 0.3) is 6.08 Å². The Labute approximate surface area is 183 Å². The second kappa shape index (κ2) is 9.26. The lowest BCUT2D eigenvalue weighted by molar-refractivity contribution is -0.149. The molecule has 2 aromatic rings. The number of hydrogen-bond acceptors (Lipinski definition) is 8. The van der Waals surface area contributed by atoms with Crippen LogP contribution in [0.4, 0.5) is 0 Å². The van der Waals surface area contributed by atoms with Crippen molar-refractivity contribution in [2.45, 2.75) is 0 Å². The zero-order chi connectivity index (χ0) is 22.5. The Morgan fingerprint density at radius 1 is 1.06 bits per heavy atom. The first-order chi connectivity index (χ1) is 15.5. The lowest BCUT2D eigenvalue weighted by atomic mass is 10.1. The maximum atomic E-state index is 12.4. The minimum absolute atomic E-state index is 0.114. The topological polar surface area (TPSA) is 122 Å². The number of piperazine rings is 1. The van der Waals surface area contributed by atoms with Crippen LogP contribution >= 0.6 is 0 Å². The smallest absolute Gasteiger partial charge is 0.349 e. The highest BCUT2D eigenvalue weighted by Gasteiger charge is 2.26. The molecule has 1 aromatic heterocycles. The monoisotopic (exact) mass is 437 g/mol. The van der Waals surface area contributed by atoms with Crippen LogP contribution in [0.3, 0.4) is 0 Å². The summed E-state index contributed by atoms with van der Waals surface area (Å²) < 4.78 is 20.6. The summed E-state index contributed by atoms with van der Waals surface area (Å²) >= 11 is 0. The molecule has 0 saturated carbocycles. The van der Waals surface area contributed by atoms with Crippen molar-refractivity contribution in [3.63, 3.8) is 0 Å². The molecule has 0 N–H and O–H groups in total. The summed E-state index contributed by atoms with van der Waals surface area (Å²) in [5.41, 5.74) is 0.317. The molecule has 3 heterocycles. The minimum atomic E-state index is -0.898. The van der Waals surface area contributed by atoms with Crippen LogP contribution in [0.5, 0.6) is 11.5 Å². The summed E-state index contributed by atoms with van der Waals surface area (Å²) in [6.07, 6.45) is 2.78.